The number of carbonyl (C=O) groups is 2. The van der Waals surface area contributed by atoms with E-state index in [1.54, 1.807) is 0 Å². The van der Waals surface area contributed by atoms with Gasteiger partial charge in [-0.3, -0.25) is 9.59 Å². The first-order chi connectivity index (χ1) is 11.9. The Hall–Kier alpha value is -1.47. The molecule has 0 bridgehead atoms. The molecule has 1 aliphatic rings. The van der Waals surface area contributed by atoms with Crippen LogP contribution in [0.2, 0.25) is 0 Å². The zero-order valence-electron chi connectivity index (χ0n) is 14.6. The molecule has 0 aliphatic heterocycles. The molecule has 5 nitrogen and oxygen atoms in total. The highest BCUT2D eigenvalue weighted by molar-refractivity contribution is 9.10. The fourth-order valence-corrected chi connectivity index (χ4v) is 3.79. The number of nitrogens with one attached hydrogen (secondary N) is 2. The van der Waals surface area contributed by atoms with Gasteiger partial charge in [-0.05, 0) is 67.0 Å². The summed E-state index contributed by atoms with van der Waals surface area (Å²) >= 11 is 3.16. The quantitative estimate of drug-likeness (QED) is 0.728. The highest BCUT2D eigenvalue weighted by atomic mass is 79.9. The zero-order valence-corrected chi connectivity index (χ0v) is 16.2. The Bertz CT molecular complexity index is 618. The van der Waals surface area contributed by atoms with E-state index in [0.29, 0.717) is 22.6 Å². The van der Waals surface area contributed by atoms with Crippen LogP contribution in [0.5, 0.6) is 0 Å². The molecule has 1 aliphatic carbocycles. The summed E-state index contributed by atoms with van der Waals surface area (Å²) in [4.78, 5) is 26.3. The van der Waals surface area contributed by atoms with Gasteiger partial charge in [0.2, 0.25) is 0 Å². The summed E-state index contributed by atoms with van der Waals surface area (Å²) in [6.45, 7) is 0.439. The normalized spacial score (nSPS) is 16.5. The number of amides is 2. The Balaban J connectivity index is 1.89. The maximum atomic E-state index is 13.1. The van der Waals surface area contributed by atoms with Crippen LogP contribution in [0.1, 0.15) is 32.1 Å². The van der Waals surface area contributed by atoms with Gasteiger partial charge in [-0.15, -0.1) is 0 Å². The minimum atomic E-state index is -0.756. The van der Waals surface area contributed by atoms with E-state index in [2.05, 4.69) is 31.5 Å². The molecule has 1 fully saturated rings. The second kappa shape index (κ2) is 9.29. The Morgan fingerprint density at radius 1 is 1.24 bits per heavy atom. The lowest BCUT2D eigenvalue weighted by atomic mass is 9.83. The number of rotatable bonds is 5. The number of hydrogen-bond donors (Lipinski definition) is 2. The predicted molar refractivity (Wildman–Crippen MR) is 99.8 cm³/mol. The Kier molecular flexibility index (Phi) is 7.38. The third-order valence-electron chi connectivity index (χ3n) is 4.71. The van der Waals surface area contributed by atoms with Gasteiger partial charge >= 0.3 is 11.8 Å². The molecule has 138 valence electrons. The number of carbonyl (C=O) groups excluding carboxylic acids is 2. The maximum absolute atomic E-state index is 13.1. The molecule has 25 heavy (non-hydrogen) atoms. The van der Waals surface area contributed by atoms with Crippen molar-refractivity contribution in [3.05, 3.63) is 28.5 Å². The van der Waals surface area contributed by atoms with Crippen LogP contribution in [-0.2, 0) is 9.59 Å². The van der Waals surface area contributed by atoms with Gasteiger partial charge in [0.1, 0.15) is 5.82 Å². The molecule has 2 rings (SSSR count). The van der Waals surface area contributed by atoms with Crippen LogP contribution >= 0.6 is 15.9 Å². The molecular formula is C18H25BrFN3O2. The monoisotopic (exact) mass is 413 g/mol. The van der Waals surface area contributed by atoms with Gasteiger partial charge in [-0.25, -0.2) is 4.39 Å². The molecule has 0 aromatic heterocycles. The average molecular weight is 414 g/mol. The summed E-state index contributed by atoms with van der Waals surface area (Å²) in [5.74, 6) is -1.32. The SMILES string of the molecule is CN(C)[C@@H](CNC(=O)C(=O)Nc1ccc(F)cc1Br)C1CCCCC1. The van der Waals surface area contributed by atoms with Crippen LogP contribution in [-0.4, -0.2) is 43.4 Å². The van der Waals surface area contributed by atoms with E-state index in [9.17, 15) is 14.0 Å². The van der Waals surface area contributed by atoms with Crippen molar-refractivity contribution in [1.82, 2.24) is 10.2 Å². The summed E-state index contributed by atoms with van der Waals surface area (Å²) in [6.07, 6.45) is 6.04. The van der Waals surface area contributed by atoms with Crippen LogP contribution < -0.4 is 10.6 Å². The topological polar surface area (TPSA) is 61.4 Å². The largest absolute Gasteiger partial charge is 0.346 e. The number of likely N-dealkylation sites (N-methyl/N-ethyl adjacent to an activating group) is 1. The molecule has 2 N–H and O–H groups in total. The molecule has 2 amide bonds. The third-order valence-corrected chi connectivity index (χ3v) is 5.37. The van der Waals surface area contributed by atoms with E-state index < -0.39 is 17.6 Å². The predicted octanol–water partition coefficient (Wildman–Crippen LogP) is 3.15. The number of nitrogens with zero attached hydrogens (tertiary/aromatic N) is 1. The van der Waals surface area contributed by atoms with Gasteiger partial charge in [-0.2, -0.15) is 0 Å². The van der Waals surface area contributed by atoms with Crippen molar-refractivity contribution in [2.75, 3.05) is 26.0 Å². The first-order valence-corrected chi connectivity index (χ1v) is 9.38. The van der Waals surface area contributed by atoms with Gasteiger partial charge in [0.25, 0.3) is 0 Å². The van der Waals surface area contributed by atoms with E-state index >= 15 is 0 Å². The summed E-state index contributed by atoms with van der Waals surface area (Å²) in [7, 11) is 4.00. The number of halogens is 2. The van der Waals surface area contributed by atoms with Gasteiger partial charge in [-0.1, -0.05) is 19.3 Å². The van der Waals surface area contributed by atoms with E-state index in [-0.39, 0.29) is 6.04 Å². The summed E-state index contributed by atoms with van der Waals surface area (Å²) < 4.78 is 13.5. The fourth-order valence-electron chi connectivity index (χ4n) is 3.34. The van der Waals surface area contributed by atoms with E-state index in [0.717, 1.165) is 12.8 Å². The van der Waals surface area contributed by atoms with Crippen LogP contribution in [0.4, 0.5) is 10.1 Å². The molecule has 0 heterocycles. The minimum absolute atomic E-state index is 0.217. The minimum Gasteiger partial charge on any atom is -0.346 e. The van der Waals surface area contributed by atoms with Gasteiger partial charge in [0.15, 0.2) is 0 Å². The molecule has 1 saturated carbocycles. The molecule has 0 radical (unpaired) electrons. The first kappa shape index (κ1) is 19.8. The van der Waals surface area contributed by atoms with Gasteiger partial charge in [0, 0.05) is 17.1 Å². The number of benzene rings is 1. The summed E-state index contributed by atoms with van der Waals surface area (Å²) in [6, 6.07) is 4.09. The zero-order chi connectivity index (χ0) is 18.4. The lowest BCUT2D eigenvalue weighted by Crippen LogP contribution is -2.47. The molecule has 7 heteroatoms. The Labute approximate surface area is 156 Å². The van der Waals surface area contributed by atoms with Gasteiger partial charge < -0.3 is 15.5 Å². The van der Waals surface area contributed by atoms with Crippen molar-refractivity contribution >= 4 is 33.4 Å². The molecule has 0 saturated heterocycles. The van der Waals surface area contributed by atoms with Crippen molar-refractivity contribution in [3.8, 4) is 0 Å². The smallest absolute Gasteiger partial charge is 0.313 e. The van der Waals surface area contributed by atoms with E-state index in [1.807, 2.05) is 14.1 Å². The molecule has 1 atom stereocenters. The van der Waals surface area contributed by atoms with Crippen LogP contribution in [0, 0.1) is 11.7 Å². The standard InChI is InChI=1S/C18H25BrFN3O2/c1-23(2)16(12-6-4-3-5-7-12)11-21-17(24)18(25)22-15-9-8-13(20)10-14(15)19/h8-10,12,16H,3-7,11H2,1-2H3,(H,21,24)(H,22,25)/t16-/m0/s1. The van der Waals surface area contributed by atoms with E-state index in [4.69, 9.17) is 0 Å². The Morgan fingerprint density at radius 3 is 2.52 bits per heavy atom. The molecule has 0 spiro atoms. The van der Waals surface area contributed by atoms with Crippen molar-refractivity contribution in [1.29, 1.82) is 0 Å². The lowest BCUT2D eigenvalue weighted by Gasteiger charge is -2.34. The molecule has 0 unspecified atom stereocenters. The molecule has 1 aromatic carbocycles. The number of hydrogen-bond acceptors (Lipinski definition) is 3. The summed E-state index contributed by atoms with van der Waals surface area (Å²) in [5, 5.41) is 5.22. The van der Waals surface area contributed by atoms with Crippen LogP contribution in [0.15, 0.2) is 22.7 Å². The van der Waals surface area contributed by atoms with Crippen LogP contribution in [0.25, 0.3) is 0 Å². The van der Waals surface area contributed by atoms with Crippen molar-refractivity contribution in [2.45, 2.75) is 38.1 Å². The molecule has 1 aromatic rings. The third kappa shape index (κ3) is 5.78. The highest BCUT2D eigenvalue weighted by Gasteiger charge is 2.26. The average Bonchev–Trinajstić information content (AvgIpc) is 2.58. The highest BCUT2D eigenvalue weighted by Crippen LogP contribution is 2.28. The second-order valence-corrected chi connectivity index (χ2v) is 7.57. The Morgan fingerprint density at radius 2 is 1.92 bits per heavy atom. The van der Waals surface area contributed by atoms with E-state index in [1.165, 1.54) is 37.5 Å². The lowest BCUT2D eigenvalue weighted by molar-refractivity contribution is -0.136. The van der Waals surface area contributed by atoms with Crippen molar-refractivity contribution in [3.63, 3.8) is 0 Å². The first-order valence-electron chi connectivity index (χ1n) is 8.59. The maximum Gasteiger partial charge on any atom is 0.313 e. The van der Waals surface area contributed by atoms with Crippen molar-refractivity contribution < 1.29 is 14.0 Å². The number of anilines is 1. The molecular weight excluding hydrogens is 389 g/mol. The fraction of sp³-hybridized carbons (Fsp3) is 0.556. The second-order valence-electron chi connectivity index (χ2n) is 6.72. The van der Waals surface area contributed by atoms with Gasteiger partial charge in [0.05, 0.1) is 5.69 Å². The van der Waals surface area contributed by atoms with Crippen molar-refractivity contribution in [2.24, 2.45) is 5.92 Å². The summed E-state index contributed by atoms with van der Waals surface area (Å²) in [5.41, 5.74) is 0.359. The van der Waals surface area contributed by atoms with Crippen LogP contribution in [0.3, 0.4) is 0 Å².